The second kappa shape index (κ2) is 7.08. The molecule has 1 fully saturated rings. The van der Waals surface area contributed by atoms with E-state index in [4.69, 9.17) is 0 Å². The van der Waals surface area contributed by atoms with Gasteiger partial charge < -0.3 is 10.1 Å². The molecule has 148 valence electrons. The highest BCUT2D eigenvalue weighted by molar-refractivity contribution is 5.72. The lowest BCUT2D eigenvalue weighted by atomic mass is 10.1. The standard InChI is InChI=1S/C18H16F2N8O/c19-18(20)29-15-6-13(26-27-15)24-14-9-22-12-8-23-28(17(12)25-14)16(10-3-4-10)11-2-1-5-21-7-11/h1-2,5-10,16,18H,3-4H2,(H2,24,25,26,27). The summed E-state index contributed by atoms with van der Waals surface area (Å²) in [6, 6.07) is 5.29. The van der Waals surface area contributed by atoms with Crippen molar-refractivity contribution in [3.05, 3.63) is 48.5 Å². The fourth-order valence-electron chi connectivity index (χ4n) is 3.32. The van der Waals surface area contributed by atoms with Crippen LogP contribution < -0.4 is 10.1 Å². The summed E-state index contributed by atoms with van der Waals surface area (Å²) in [7, 11) is 0. The van der Waals surface area contributed by atoms with Crippen molar-refractivity contribution in [2.45, 2.75) is 25.5 Å². The average molecular weight is 398 g/mol. The normalized spacial score (nSPS) is 15.0. The van der Waals surface area contributed by atoms with Crippen LogP contribution in [-0.4, -0.2) is 41.5 Å². The molecule has 0 aromatic carbocycles. The van der Waals surface area contributed by atoms with Gasteiger partial charge >= 0.3 is 6.61 Å². The summed E-state index contributed by atoms with van der Waals surface area (Å²) in [6.45, 7) is -2.93. The first-order valence-electron chi connectivity index (χ1n) is 9.05. The lowest BCUT2D eigenvalue weighted by molar-refractivity contribution is -0.0528. The number of pyridine rings is 1. The number of nitrogens with zero attached hydrogens (tertiary/aromatic N) is 6. The first-order chi connectivity index (χ1) is 14.2. The molecular formula is C18H16F2N8O. The number of aromatic amines is 1. The molecule has 2 N–H and O–H groups in total. The molecule has 0 spiro atoms. The number of fused-ring (bicyclic) bond motifs is 1. The number of rotatable bonds is 7. The molecule has 9 nitrogen and oxygen atoms in total. The molecule has 0 saturated heterocycles. The fourth-order valence-corrected chi connectivity index (χ4v) is 3.32. The van der Waals surface area contributed by atoms with Crippen LogP contribution >= 0.6 is 0 Å². The van der Waals surface area contributed by atoms with E-state index >= 15 is 0 Å². The molecule has 1 saturated carbocycles. The Morgan fingerprint density at radius 2 is 2.10 bits per heavy atom. The maximum absolute atomic E-state index is 12.3. The Morgan fingerprint density at radius 3 is 2.86 bits per heavy atom. The number of alkyl halides is 2. The highest BCUT2D eigenvalue weighted by Gasteiger charge is 2.35. The molecule has 0 amide bonds. The molecule has 29 heavy (non-hydrogen) atoms. The zero-order chi connectivity index (χ0) is 19.8. The first-order valence-corrected chi connectivity index (χ1v) is 9.05. The van der Waals surface area contributed by atoms with Crippen molar-refractivity contribution >= 4 is 22.8 Å². The Hall–Kier alpha value is -3.63. The van der Waals surface area contributed by atoms with Gasteiger partial charge in [0, 0.05) is 18.5 Å². The van der Waals surface area contributed by atoms with Crippen molar-refractivity contribution in [2.24, 2.45) is 5.92 Å². The number of halogens is 2. The van der Waals surface area contributed by atoms with Gasteiger partial charge in [0.05, 0.1) is 18.4 Å². The van der Waals surface area contributed by atoms with E-state index in [-0.39, 0.29) is 17.7 Å². The average Bonchev–Trinajstić information content (AvgIpc) is 3.32. The van der Waals surface area contributed by atoms with Crippen molar-refractivity contribution in [1.29, 1.82) is 0 Å². The van der Waals surface area contributed by atoms with Crippen molar-refractivity contribution in [3.63, 3.8) is 0 Å². The monoisotopic (exact) mass is 398 g/mol. The van der Waals surface area contributed by atoms with E-state index in [0.29, 0.717) is 22.9 Å². The third kappa shape index (κ3) is 3.58. The van der Waals surface area contributed by atoms with Gasteiger partial charge in [0.1, 0.15) is 5.52 Å². The molecular weight excluding hydrogens is 382 g/mol. The highest BCUT2D eigenvalue weighted by Crippen LogP contribution is 2.43. The van der Waals surface area contributed by atoms with Crippen LogP contribution in [0.5, 0.6) is 5.88 Å². The molecule has 0 radical (unpaired) electrons. The van der Waals surface area contributed by atoms with Crippen molar-refractivity contribution < 1.29 is 13.5 Å². The van der Waals surface area contributed by atoms with E-state index in [9.17, 15) is 8.78 Å². The quantitative estimate of drug-likeness (QED) is 0.492. The topological polar surface area (TPSA) is 106 Å². The minimum atomic E-state index is -2.93. The minimum absolute atomic E-state index is 0.0298. The molecule has 5 rings (SSSR count). The second-order valence-corrected chi connectivity index (χ2v) is 6.74. The smallest absolute Gasteiger partial charge is 0.388 e. The van der Waals surface area contributed by atoms with Crippen molar-refractivity contribution in [2.75, 3.05) is 5.32 Å². The van der Waals surface area contributed by atoms with Gasteiger partial charge in [0.2, 0.25) is 5.88 Å². The summed E-state index contributed by atoms with van der Waals surface area (Å²) >= 11 is 0. The van der Waals surface area contributed by atoms with E-state index in [0.717, 1.165) is 18.4 Å². The van der Waals surface area contributed by atoms with Gasteiger partial charge in [0.15, 0.2) is 17.3 Å². The van der Waals surface area contributed by atoms with Gasteiger partial charge in [0.25, 0.3) is 0 Å². The summed E-state index contributed by atoms with van der Waals surface area (Å²) in [5.41, 5.74) is 2.35. The zero-order valence-electron chi connectivity index (χ0n) is 15.0. The van der Waals surface area contributed by atoms with Crippen LogP contribution in [0.2, 0.25) is 0 Å². The van der Waals surface area contributed by atoms with Gasteiger partial charge in [-0.1, -0.05) is 6.07 Å². The van der Waals surface area contributed by atoms with Crippen LogP contribution in [-0.2, 0) is 0 Å². The Kier molecular flexibility index (Phi) is 4.26. The van der Waals surface area contributed by atoms with E-state index in [1.807, 2.05) is 23.0 Å². The summed E-state index contributed by atoms with van der Waals surface area (Å²) < 4.78 is 30.7. The first kappa shape index (κ1) is 17.5. The zero-order valence-corrected chi connectivity index (χ0v) is 15.0. The Bertz CT molecular complexity index is 1130. The van der Waals surface area contributed by atoms with Gasteiger partial charge in [-0.3, -0.25) is 4.98 Å². The largest absolute Gasteiger partial charge is 0.417 e. The third-order valence-corrected chi connectivity index (χ3v) is 4.69. The van der Waals surface area contributed by atoms with Crippen molar-refractivity contribution in [3.8, 4) is 5.88 Å². The predicted molar refractivity (Wildman–Crippen MR) is 98.9 cm³/mol. The van der Waals surface area contributed by atoms with Crippen molar-refractivity contribution in [1.82, 2.24) is 34.9 Å². The maximum Gasteiger partial charge on any atom is 0.388 e. The number of aromatic nitrogens is 7. The second-order valence-electron chi connectivity index (χ2n) is 6.74. The molecule has 1 unspecified atom stereocenters. The number of hydrogen-bond donors (Lipinski definition) is 2. The number of H-pyrrole nitrogens is 1. The molecule has 4 aromatic heterocycles. The minimum Gasteiger partial charge on any atom is -0.417 e. The SMILES string of the molecule is FC(F)Oc1cc(Nc2cnc3cnn(C(c4cccnc4)C4CC4)c3n2)n[nH]1. The number of nitrogens with one attached hydrogen (secondary N) is 2. The fraction of sp³-hybridized carbons (Fsp3) is 0.278. The van der Waals surface area contributed by atoms with Crippen LogP contribution in [0.3, 0.4) is 0 Å². The van der Waals surface area contributed by atoms with E-state index in [1.165, 1.54) is 12.3 Å². The van der Waals surface area contributed by atoms with E-state index in [2.05, 4.69) is 40.3 Å². The summed E-state index contributed by atoms with van der Waals surface area (Å²) in [4.78, 5) is 13.3. The molecule has 1 atom stereocenters. The van der Waals surface area contributed by atoms with Crippen LogP contribution in [0.15, 0.2) is 43.0 Å². The third-order valence-electron chi connectivity index (χ3n) is 4.69. The molecule has 0 aliphatic heterocycles. The lowest BCUT2D eigenvalue weighted by Gasteiger charge is -2.17. The summed E-state index contributed by atoms with van der Waals surface area (Å²) in [5, 5.41) is 13.7. The van der Waals surface area contributed by atoms with Crippen LogP contribution in [0, 0.1) is 5.92 Å². The number of hydrogen-bond acceptors (Lipinski definition) is 7. The van der Waals surface area contributed by atoms with E-state index in [1.54, 1.807) is 12.4 Å². The number of anilines is 2. The molecule has 0 bridgehead atoms. The predicted octanol–water partition coefficient (Wildman–Crippen LogP) is 3.29. The molecule has 1 aliphatic rings. The Balaban J connectivity index is 1.46. The van der Waals surface area contributed by atoms with Gasteiger partial charge in [-0.25, -0.2) is 19.7 Å². The van der Waals surface area contributed by atoms with Crippen LogP contribution in [0.25, 0.3) is 11.2 Å². The van der Waals surface area contributed by atoms with Gasteiger partial charge in [-0.05, 0) is 30.4 Å². The molecule has 1 aliphatic carbocycles. The van der Waals surface area contributed by atoms with Gasteiger partial charge in [-0.15, -0.1) is 0 Å². The highest BCUT2D eigenvalue weighted by atomic mass is 19.3. The number of ether oxygens (including phenoxy) is 1. The Morgan fingerprint density at radius 1 is 1.21 bits per heavy atom. The van der Waals surface area contributed by atoms with Crippen LogP contribution in [0.1, 0.15) is 24.4 Å². The summed E-state index contributed by atoms with van der Waals surface area (Å²) in [6.07, 6.45) is 9.04. The van der Waals surface area contributed by atoms with Gasteiger partial charge in [-0.2, -0.15) is 19.0 Å². The summed E-state index contributed by atoms with van der Waals surface area (Å²) in [5.74, 6) is 1.02. The van der Waals surface area contributed by atoms with Crippen LogP contribution in [0.4, 0.5) is 20.4 Å². The van der Waals surface area contributed by atoms with E-state index < -0.39 is 6.61 Å². The molecule has 11 heteroatoms. The molecule has 4 heterocycles. The maximum atomic E-state index is 12.3. The lowest BCUT2D eigenvalue weighted by Crippen LogP contribution is -2.15. The molecule has 4 aromatic rings. The Labute approximate surface area is 163 Å².